The third-order valence-corrected chi connectivity index (χ3v) is 5.68. The highest BCUT2D eigenvalue weighted by Gasteiger charge is 2.50. The standard InChI is InChI=1S/C20H22FN5O3/c1-24(2)20(29)26-10-13-9-25(19(28)16-18(27)23-7-6-22-16)11-15(13)17(26)12-4-3-5-14(21)8-12/h3-8,13,15,17H,9-11H2,1-2H3,(H,23,27)/t13-,15-,17+/m1/s1. The number of rotatable bonds is 2. The quantitative estimate of drug-likeness (QED) is 0.825. The van der Waals surface area contributed by atoms with Gasteiger partial charge in [-0.3, -0.25) is 9.59 Å². The number of halogens is 1. The summed E-state index contributed by atoms with van der Waals surface area (Å²) in [5.74, 6) is -0.801. The molecule has 0 spiro atoms. The molecule has 3 amide bonds. The molecule has 0 unspecified atom stereocenters. The first-order valence-corrected chi connectivity index (χ1v) is 9.43. The van der Waals surface area contributed by atoms with Crippen molar-refractivity contribution in [2.75, 3.05) is 33.7 Å². The van der Waals surface area contributed by atoms with E-state index in [1.54, 1.807) is 36.0 Å². The highest BCUT2D eigenvalue weighted by molar-refractivity contribution is 5.92. The minimum atomic E-state index is -0.527. The average molecular weight is 399 g/mol. The van der Waals surface area contributed by atoms with Gasteiger partial charge in [-0.15, -0.1) is 0 Å². The van der Waals surface area contributed by atoms with Gasteiger partial charge in [0.15, 0.2) is 5.69 Å². The van der Waals surface area contributed by atoms with Gasteiger partial charge in [-0.25, -0.2) is 14.2 Å². The van der Waals surface area contributed by atoms with E-state index in [2.05, 4.69) is 9.97 Å². The summed E-state index contributed by atoms with van der Waals surface area (Å²) in [5, 5.41) is 0. The second-order valence-corrected chi connectivity index (χ2v) is 7.73. The second-order valence-electron chi connectivity index (χ2n) is 7.73. The Labute approximate surface area is 166 Å². The highest BCUT2D eigenvalue weighted by atomic mass is 19.1. The Balaban J connectivity index is 1.64. The van der Waals surface area contributed by atoms with E-state index in [4.69, 9.17) is 0 Å². The predicted octanol–water partition coefficient (Wildman–Crippen LogP) is 1.34. The van der Waals surface area contributed by atoms with E-state index >= 15 is 0 Å². The summed E-state index contributed by atoms with van der Waals surface area (Å²) in [7, 11) is 3.37. The Morgan fingerprint density at radius 2 is 2.03 bits per heavy atom. The van der Waals surface area contributed by atoms with Crippen molar-refractivity contribution in [1.82, 2.24) is 24.7 Å². The van der Waals surface area contributed by atoms with Crippen molar-refractivity contribution in [3.05, 3.63) is 64.1 Å². The van der Waals surface area contributed by atoms with E-state index < -0.39 is 11.5 Å². The first kappa shape index (κ1) is 19.1. The van der Waals surface area contributed by atoms with Gasteiger partial charge in [0.25, 0.3) is 11.5 Å². The second kappa shape index (κ2) is 7.31. The van der Waals surface area contributed by atoms with Crippen molar-refractivity contribution in [2.45, 2.75) is 6.04 Å². The van der Waals surface area contributed by atoms with Gasteiger partial charge in [0.1, 0.15) is 5.82 Å². The lowest BCUT2D eigenvalue weighted by atomic mass is 9.89. The van der Waals surface area contributed by atoms with Crippen molar-refractivity contribution < 1.29 is 14.0 Å². The van der Waals surface area contributed by atoms with Crippen molar-refractivity contribution in [3.63, 3.8) is 0 Å². The van der Waals surface area contributed by atoms with Crippen LogP contribution in [0.3, 0.4) is 0 Å². The molecule has 9 heteroatoms. The number of H-pyrrole nitrogens is 1. The van der Waals surface area contributed by atoms with Crippen LogP contribution in [0.2, 0.25) is 0 Å². The number of fused-ring (bicyclic) bond motifs is 1. The van der Waals surface area contributed by atoms with Crippen LogP contribution in [0.15, 0.2) is 41.5 Å². The van der Waals surface area contributed by atoms with E-state index in [-0.39, 0.29) is 35.4 Å². The van der Waals surface area contributed by atoms with Crippen molar-refractivity contribution in [3.8, 4) is 0 Å². The van der Waals surface area contributed by atoms with Gasteiger partial charge in [-0.05, 0) is 17.7 Å². The molecule has 29 heavy (non-hydrogen) atoms. The van der Waals surface area contributed by atoms with Crippen LogP contribution in [0.5, 0.6) is 0 Å². The van der Waals surface area contributed by atoms with E-state index in [0.717, 1.165) is 0 Å². The summed E-state index contributed by atoms with van der Waals surface area (Å²) in [6.45, 7) is 1.26. The molecule has 1 aromatic heterocycles. The van der Waals surface area contributed by atoms with Crippen LogP contribution in [0.25, 0.3) is 0 Å². The molecule has 152 valence electrons. The summed E-state index contributed by atoms with van der Waals surface area (Å²) in [6.07, 6.45) is 2.75. The number of nitrogens with zero attached hydrogens (tertiary/aromatic N) is 4. The smallest absolute Gasteiger partial charge is 0.320 e. The fourth-order valence-electron chi connectivity index (χ4n) is 4.44. The monoisotopic (exact) mass is 399 g/mol. The Morgan fingerprint density at radius 3 is 2.72 bits per heavy atom. The summed E-state index contributed by atoms with van der Waals surface area (Å²) in [6, 6.07) is 5.75. The third-order valence-electron chi connectivity index (χ3n) is 5.68. The van der Waals surface area contributed by atoms with Crippen LogP contribution in [0, 0.1) is 17.7 Å². The Bertz CT molecular complexity index is 1010. The lowest BCUT2D eigenvalue weighted by Crippen LogP contribution is -2.42. The van der Waals surface area contributed by atoms with Crippen LogP contribution >= 0.6 is 0 Å². The number of hydrogen-bond acceptors (Lipinski definition) is 4. The van der Waals surface area contributed by atoms with Gasteiger partial charge in [-0.2, -0.15) is 0 Å². The lowest BCUT2D eigenvalue weighted by Gasteiger charge is -2.31. The number of benzene rings is 1. The zero-order chi connectivity index (χ0) is 20.7. The molecule has 0 aliphatic carbocycles. The summed E-state index contributed by atoms with van der Waals surface area (Å²) >= 11 is 0. The molecule has 2 fully saturated rings. The number of amides is 3. The molecule has 1 N–H and O–H groups in total. The molecular weight excluding hydrogens is 377 g/mol. The largest absolute Gasteiger partial charge is 0.336 e. The van der Waals surface area contributed by atoms with Gasteiger partial charge in [0, 0.05) is 58.0 Å². The number of hydrogen-bond donors (Lipinski definition) is 1. The lowest BCUT2D eigenvalue weighted by molar-refractivity contribution is 0.0758. The third kappa shape index (κ3) is 3.37. The molecule has 2 aliphatic heterocycles. The Kier molecular flexibility index (Phi) is 4.81. The molecular formula is C20H22FN5O3. The van der Waals surface area contributed by atoms with Crippen LogP contribution in [0.4, 0.5) is 9.18 Å². The summed E-state index contributed by atoms with van der Waals surface area (Å²) in [4.78, 5) is 48.7. The zero-order valence-corrected chi connectivity index (χ0v) is 16.2. The maximum Gasteiger partial charge on any atom is 0.320 e. The van der Waals surface area contributed by atoms with Crippen molar-refractivity contribution >= 4 is 11.9 Å². The van der Waals surface area contributed by atoms with Crippen molar-refractivity contribution in [2.24, 2.45) is 11.8 Å². The molecule has 3 heterocycles. The first-order valence-electron chi connectivity index (χ1n) is 9.43. The maximum atomic E-state index is 13.9. The summed E-state index contributed by atoms with van der Waals surface area (Å²) in [5.41, 5.74) is 0.0364. The van der Waals surface area contributed by atoms with Crippen molar-refractivity contribution in [1.29, 1.82) is 0 Å². The van der Waals surface area contributed by atoms with Crippen LogP contribution in [0.1, 0.15) is 22.1 Å². The number of aromatic nitrogens is 2. The molecule has 3 atom stereocenters. The highest BCUT2D eigenvalue weighted by Crippen LogP contribution is 2.45. The number of aromatic amines is 1. The predicted molar refractivity (Wildman–Crippen MR) is 103 cm³/mol. The molecule has 2 saturated heterocycles. The fourth-order valence-corrected chi connectivity index (χ4v) is 4.44. The van der Waals surface area contributed by atoms with E-state index in [0.29, 0.717) is 25.2 Å². The summed E-state index contributed by atoms with van der Waals surface area (Å²) < 4.78 is 13.9. The van der Waals surface area contributed by atoms with Crippen LogP contribution < -0.4 is 5.56 Å². The van der Waals surface area contributed by atoms with E-state index in [1.165, 1.54) is 29.4 Å². The average Bonchev–Trinajstić information content (AvgIpc) is 3.25. The normalized spacial score (nSPS) is 23.2. The molecule has 2 aromatic rings. The maximum absolute atomic E-state index is 13.9. The SMILES string of the molecule is CN(C)C(=O)N1C[C@H]2CN(C(=O)c3ncc[nH]c3=O)C[C@H]2[C@@H]1c1cccc(F)c1. The Morgan fingerprint density at radius 1 is 1.24 bits per heavy atom. The molecule has 8 nitrogen and oxygen atoms in total. The number of urea groups is 1. The molecule has 4 rings (SSSR count). The first-order chi connectivity index (χ1) is 13.9. The topological polar surface area (TPSA) is 89.6 Å². The molecule has 0 bridgehead atoms. The van der Waals surface area contributed by atoms with Gasteiger partial charge < -0.3 is 19.7 Å². The Hall–Kier alpha value is -3.23. The number of nitrogens with one attached hydrogen (secondary N) is 1. The fraction of sp³-hybridized carbons (Fsp3) is 0.400. The van der Waals surface area contributed by atoms with Gasteiger partial charge >= 0.3 is 6.03 Å². The molecule has 1 aromatic carbocycles. The zero-order valence-electron chi connectivity index (χ0n) is 16.2. The minimum absolute atomic E-state index is 0.0407. The molecule has 0 radical (unpaired) electrons. The molecule has 0 saturated carbocycles. The minimum Gasteiger partial charge on any atom is -0.336 e. The van der Waals surface area contributed by atoms with Gasteiger partial charge in [-0.1, -0.05) is 12.1 Å². The number of likely N-dealkylation sites (tertiary alicyclic amines) is 2. The number of carbonyl (C=O) groups is 2. The van der Waals surface area contributed by atoms with Gasteiger partial charge in [0.05, 0.1) is 6.04 Å². The van der Waals surface area contributed by atoms with E-state index in [9.17, 15) is 18.8 Å². The van der Waals surface area contributed by atoms with E-state index in [1.807, 2.05) is 0 Å². The van der Waals surface area contributed by atoms with Crippen LogP contribution in [-0.2, 0) is 0 Å². The van der Waals surface area contributed by atoms with Gasteiger partial charge in [0.2, 0.25) is 0 Å². The molecule has 2 aliphatic rings. The number of carbonyl (C=O) groups excluding carboxylic acids is 2. The van der Waals surface area contributed by atoms with Crippen LogP contribution in [-0.4, -0.2) is 70.3 Å².